The Labute approximate surface area is 128 Å². The van der Waals surface area contributed by atoms with Crippen molar-refractivity contribution in [3.63, 3.8) is 0 Å². The van der Waals surface area contributed by atoms with Crippen LogP contribution in [0.15, 0.2) is 48.5 Å². The molecule has 5 heteroatoms. The quantitative estimate of drug-likeness (QED) is 0.909. The topological polar surface area (TPSA) is 41.6 Å². The molecule has 1 unspecified atom stereocenters. The number of fused-ring (bicyclic) bond motifs is 1. The van der Waals surface area contributed by atoms with Gasteiger partial charge >= 0.3 is 6.03 Å². The lowest BCUT2D eigenvalue weighted by molar-refractivity contribution is 0.188. The minimum absolute atomic E-state index is 0.0335. The number of benzene rings is 2. The van der Waals surface area contributed by atoms with Crippen LogP contribution in [0.25, 0.3) is 0 Å². The highest BCUT2D eigenvalue weighted by atomic mass is 19.1. The monoisotopic (exact) mass is 300 g/mol. The summed E-state index contributed by atoms with van der Waals surface area (Å²) in [4.78, 5) is 14.2. The lowest BCUT2D eigenvalue weighted by atomic mass is 10.1. The molecule has 3 rings (SSSR count). The largest absolute Gasteiger partial charge is 0.486 e. The van der Waals surface area contributed by atoms with E-state index in [-0.39, 0.29) is 18.0 Å². The molecule has 0 saturated heterocycles. The lowest BCUT2D eigenvalue weighted by Gasteiger charge is -2.34. The molecule has 2 aromatic rings. The van der Waals surface area contributed by atoms with Crippen LogP contribution in [-0.2, 0) is 0 Å². The number of hydrogen-bond donors (Lipinski definition) is 1. The van der Waals surface area contributed by atoms with E-state index in [1.165, 1.54) is 24.3 Å². The summed E-state index contributed by atoms with van der Waals surface area (Å²) < 4.78 is 18.8. The van der Waals surface area contributed by atoms with E-state index in [1.807, 2.05) is 31.2 Å². The number of carbonyl (C=O) groups excluding carboxylic acids is 1. The Morgan fingerprint density at radius 2 is 2.00 bits per heavy atom. The molecule has 1 N–H and O–H groups in total. The predicted octanol–water partition coefficient (Wildman–Crippen LogP) is 4.04. The summed E-state index contributed by atoms with van der Waals surface area (Å²) in [5.74, 6) is 0.371. The van der Waals surface area contributed by atoms with Gasteiger partial charge in [-0.2, -0.15) is 0 Å². The highest BCUT2D eigenvalue weighted by molar-refractivity contribution is 6.03. The number of halogens is 1. The zero-order valence-corrected chi connectivity index (χ0v) is 12.3. The molecule has 4 nitrogen and oxygen atoms in total. The molecule has 0 radical (unpaired) electrons. The molecular weight excluding hydrogens is 283 g/mol. The zero-order chi connectivity index (χ0) is 15.5. The number of anilines is 2. The number of nitrogens with zero attached hydrogens (tertiary/aromatic N) is 1. The number of carbonyl (C=O) groups is 1. The van der Waals surface area contributed by atoms with Crippen molar-refractivity contribution in [3.8, 4) is 5.75 Å². The smallest absolute Gasteiger partial charge is 0.326 e. The number of amides is 2. The van der Waals surface area contributed by atoms with Crippen LogP contribution in [0, 0.1) is 5.82 Å². The number of nitrogens with one attached hydrogen (secondary N) is 1. The molecule has 1 aliphatic rings. The van der Waals surface area contributed by atoms with Crippen LogP contribution in [0.5, 0.6) is 5.75 Å². The van der Waals surface area contributed by atoms with Gasteiger partial charge in [0.1, 0.15) is 17.7 Å². The maximum Gasteiger partial charge on any atom is 0.326 e. The van der Waals surface area contributed by atoms with Crippen LogP contribution in [0.3, 0.4) is 0 Å². The van der Waals surface area contributed by atoms with Crippen LogP contribution >= 0.6 is 0 Å². The molecule has 0 saturated carbocycles. The van der Waals surface area contributed by atoms with E-state index < -0.39 is 0 Å². The van der Waals surface area contributed by atoms with Gasteiger partial charge in [-0.1, -0.05) is 19.1 Å². The first-order valence-electron chi connectivity index (χ1n) is 7.27. The van der Waals surface area contributed by atoms with Gasteiger partial charge in [-0.25, -0.2) is 9.18 Å². The summed E-state index contributed by atoms with van der Waals surface area (Å²) in [6.07, 6.45) is 0.781. The van der Waals surface area contributed by atoms with Crippen LogP contribution in [0.2, 0.25) is 0 Å². The molecule has 1 aliphatic heterocycles. The van der Waals surface area contributed by atoms with E-state index >= 15 is 0 Å². The van der Waals surface area contributed by atoms with E-state index in [0.717, 1.165) is 12.1 Å². The van der Waals surface area contributed by atoms with E-state index in [0.29, 0.717) is 18.0 Å². The second-order valence-electron chi connectivity index (χ2n) is 5.16. The third-order valence-corrected chi connectivity index (χ3v) is 3.63. The van der Waals surface area contributed by atoms with Crippen LogP contribution in [-0.4, -0.2) is 18.7 Å². The summed E-state index contributed by atoms with van der Waals surface area (Å²) in [5, 5.41) is 2.79. The summed E-state index contributed by atoms with van der Waals surface area (Å²) in [5.41, 5.74) is 1.30. The summed E-state index contributed by atoms with van der Waals surface area (Å²) in [6, 6.07) is 12.9. The van der Waals surface area contributed by atoms with Crippen molar-refractivity contribution in [3.05, 3.63) is 54.3 Å². The molecule has 1 heterocycles. The van der Waals surface area contributed by atoms with Gasteiger partial charge in [0, 0.05) is 5.69 Å². The standard InChI is InChI=1S/C17H17FN2O2/c1-2-14-11-20(15-5-3-4-6-16(15)22-14)17(21)19-13-9-7-12(18)8-10-13/h3-10,14H,2,11H2,1H3,(H,19,21). The van der Waals surface area contributed by atoms with Gasteiger partial charge in [0.2, 0.25) is 0 Å². The highest BCUT2D eigenvalue weighted by Crippen LogP contribution is 2.34. The van der Waals surface area contributed by atoms with Gasteiger partial charge in [-0.3, -0.25) is 4.90 Å². The van der Waals surface area contributed by atoms with Gasteiger partial charge in [-0.05, 0) is 42.8 Å². The molecule has 114 valence electrons. The van der Waals surface area contributed by atoms with E-state index in [2.05, 4.69) is 5.32 Å². The number of urea groups is 1. The number of hydrogen-bond acceptors (Lipinski definition) is 2. The first kappa shape index (κ1) is 14.4. The molecule has 0 spiro atoms. The molecule has 0 aromatic heterocycles. The van der Waals surface area contributed by atoms with Crippen LogP contribution in [0.1, 0.15) is 13.3 Å². The Bertz CT molecular complexity index is 673. The molecule has 1 atom stereocenters. The first-order valence-corrected chi connectivity index (χ1v) is 7.27. The van der Waals surface area contributed by atoms with Crippen molar-refractivity contribution < 1.29 is 13.9 Å². The lowest BCUT2D eigenvalue weighted by Crippen LogP contribution is -2.45. The maximum atomic E-state index is 12.9. The second kappa shape index (κ2) is 6.05. The molecule has 2 amide bonds. The van der Waals surface area contributed by atoms with Gasteiger partial charge in [0.25, 0.3) is 0 Å². The fourth-order valence-corrected chi connectivity index (χ4v) is 2.43. The number of rotatable bonds is 2. The van der Waals surface area contributed by atoms with Crippen molar-refractivity contribution >= 4 is 17.4 Å². The second-order valence-corrected chi connectivity index (χ2v) is 5.16. The molecule has 22 heavy (non-hydrogen) atoms. The van der Waals surface area contributed by atoms with Crippen molar-refractivity contribution in [1.82, 2.24) is 0 Å². The normalized spacial score (nSPS) is 16.6. The van der Waals surface area contributed by atoms with E-state index in [9.17, 15) is 9.18 Å². The van der Waals surface area contributed by atoms with Crippen molar-refractivity contribution in [2.75, 3.05) is 16.8 Å². The predicted molar refractivity (Wildman–Crippen MR) is 83.9 cm³/mol. The summed E-state index contributed by atoms with van der Waals surface area (Å²) in [6.45, 7) is 2.51. The van der Waals surface area contributed by atoms with E-state index in [4.69, 9.17) is 4.74 Å². The summed E-state index contributed by atoms with van der Waals surface area (Å²) in [7, 11) is 0. The number of ether oxygens (including phenoxy) is 1. The Kier molecular flexibility index (Phi) is 3.96. The minimum Gasteiger partial charge on any atom is -0.486 e. The van der Waals surface area contributed by atoms with Crippen molar-refractivity contribution in [2.24, 2.45) is 0 Å². The highest BCUT2D eigenvalue weighted by Gasteiger charge is 2.28. The minimum atomic E-state index is -0.333. The maximum absolute atomic E-state index is 12.9. The van der Waals surface area contributed by atoms with Crippen molar-refractivity contribution in [1.29, 1.82) is 0 Å². The van der Waals surface area contributed by atoms with Crippen LogP contribution < -0.4 is 15.0 Å². The van der Waals surface area contributed by atoms with Crippen LogP contribution in [0.4, 0.5) is 20.6 Å². The molecular formula is C17H17FN2O2. The Balaban J connectivity index is 1.83. The van der Waals surface area contributed by atoms with Gasteiger partial charge < -0.3 is 10.1 Å². The van der Waals surface area contributed by atoms with E-state index in [1.54, 1.807) is 4.90 Å². The third-order valence-electron chi connectivity index (χ3n) is 3.63. The molecule has 0 bridgehead atoms. The van der Waals surface area contributed by atoms with Gasteiger partial charge in [0.05, 0.1) is 12.2 Å². The van der Waals surface area contributed by atoms with Gasteiger partial charge in [0.15, 0.2) is 0 Å². The zero-order valence-electron chi connectivity index (χ0n) is 12.3. The Morgan fingerprint density at radius 3 is 2.73 bits per heavy atom. The average molecular weight is 300 g/mol. The molecule has 2 aromatic carbocycles. The third kappa shape index (κ3) is 2.88. The Morgan fingerprint density at radius 1 is 1.27 bits per heavy atom. The Hall–Kier alpha value is -2.56. The number of para-hydroxylation sites is 2. The fraction of sp³-hybridized carbons (Fsp3) is 0.235. The van der Waals surface area contributed by atoms with Crippen molar-refractivity contribution in [2.45, 2.75) is 19.4 Å². The SMILES string of the molecule is CCC1CN(C(=O)Nc2ccc(F)cc2)c2ccccc2O1. The molecule has 0 fully saturated rings. The van der Waals surface area contributed by atoms with Gasteiger partial charge in [-0.15, -0.1) is 0 Å². The first-order chi connectivity index (χ1) is 10.7. The molecule has 0 aliphatic carbocycles. The summed E-state index contributed by atoms with van der Waals surface area (Å²) >= 11 is 0. The average Bonchev–Trinajstić information content (AvgIpc) is 2.55. The fourth-order valence-electron chi connectivity index (χ4n) is 2.43.